The van der Waals surface area contributed by atoms with Crippen LogP contribution in [0.25, 0.3) is 0 Å². The second-order valence-corrected chi connectivity index (χ2v) is 10.5. The molecule has 2 heterocycles. The van der Waals surface area contributed by atoms with Crippen LogP contribution < -0.4 is 10.8 Å². The maximum atomic E-state index is 12.2. The number of carbonyl (C=O) groups is 2. The predicted molar refractivity (Wildman–Crippen MR) is 147 cm³/mol. The molecule has 39 heavy (non-hydrogen) atoms. The third-order valence-corrected chi connectivity index (χ3v) is 7.42. The number of benzene rings is 2. The molecule has 212 valence electrons. The van der Waals surface area contributed by atoms with E-state index in [1.54, 1.807) is 5.48 Å². The Morgan fingerprint density at radius 2 is 1.49 bits per heavy atom. The average Bonchev–Trinajstić information content (AvgIpc) is 2.94. The van der Waals surface area contributed by atoms with Crippen LogP contribution in [0.15, 0.2) is 48.5 Å². The smallest absolute Gasteiger partial charge is 0.243 e. The summed E-state index contributed by atoms with van der Waals surface area (Å²) >= 11 is 0. The van der Waals surface area contributed by atoms with Crippen molar-refractivity contribution in [3.63, 3.8) is 0 Å². The molecule has 2 aliphatic rings. The first-order valence-electron chi connectivity index (χ1n) is 14.1. The molecule has 2 saturated heterocycles. The van der Waals surface area contributed by atoms with E-state index in [1.807, 2.05) is 48.5 Å². The van der Waals surface area contributed by atoms with Gasteiger partial charge in [0.15, 0.2) is 6.29 Å². The van der Waals surface area contributed by atoms with Crippen molar-refractivity contribution >= 4 is 17.5 Å². The van der Waals surface area contributed by atoms with Gasteiger partial charge >= 0.3 is 0 Å². The first-order chi connectivity index (χ1) is 19.0. The molecule has 0 spiro atoms. The van der Waals surface area contributed by atoms with Gasteiger partial charge in [0.2, 0.25) is 11.8 Å². The number of carbonyl (C=O) groups excluding carboxylic acids is 2. The molecule has 2 aromatic carbocycles. The van der Waals surface area contributed by atoms with Crippen molar-refractivity contribution in [2.45, 2.75) is 82.9 Å². The van der Waals surface area contributed by atoms with Crippen LogP contribution in [-0.2, 0) is 25.7 Å². The van der Waals surface area contributed by atoms with Crippen molar-refractivity contribution in [1.29, 1.82) is 0 Å². The number of hydrogen-bond acceptors (Lipinski definition) is 7. The van der Waals surface area contributed by atoms with E-state index in [0.29, 0.717) is 12.1 Å². The molecule has 9 nitrogen and oxygen atoms in total. The second-order valence-electron chi connectivity index (χ2n) is 10.5. The summed E-state index contributed by atoms with van der Waals surface area (Å²) in [5.41, 5.74) is 5.03. The topological polar surface area (TPSA) is 120 Å². The fraction of sp³-hybridized carbons (Fsp3) is 0.533. The second kappa shape index (κ2) is 15.1. The molecule has 0 saturated carbocycles. The van der Waals surface area contributed by atoms with Gasteiger partial charge in [0, 0.05) is 37.1 Å². The number of rotatable bonds is 10. The summed E-state index contributed by atoms with van der Waals surface area (Å²) in [5.74, 6) is -0.703. The van der Waals surface area contributed by atoms with Crippen molar-refractivity contribution in [1.82, 2.24) is 10.4 Å². The summed E-state index contributed by atoms with van der Waals surface area (Å²) in [4.78, 5) is 25.9. The van der Waals surface area contributed by atoms with Crippen LogP contribution in [0.5, 0.6) is 0 Å². The van der Waals surface area contributed by atoms with Crippen molar-refractivity contribution in [3.05, 3.63) is 65.2 Å². The maximum Gasteiger partial charge on any atom is 0.243 e. The number of nitrogens with zero attached hydrogens (tertiary/aromatic N) is 1. The molecule has 0 aromatic heterocycles. The molecule has 2 fully saturated rings. The minimum absolute atomic E-state index is 0.00992. The summed E-state index contributed by atoms with van der Waals surface area (Å²) in [7, 11) is 0. The molecule has 0 aliphatic carbocycles. The summed E-state index contributed by atoms with van der Waals surface area (Å²) in [6, 6.07) is 15.4. The van der Waals surface area contributed by atoms with Gasteiger partial charge in [-0.3, -0.25) is 14.8 Å². The molecule has 3 atom stereocenters. The third-order valence-electron chi connectivity index (χ3n) is 7.42. The van der Waals surface area contributed by atoms with E-state index in [2.05, 4.69) is 10.2 Å². The van der Waals surface area contributed by atoms with E-state index in [-0.39, 0.29) is 37.6 Å². The lowest BCUT2D eigenvalue weighted by Crippen LogP contribution is -2.40. The molecule has 4 N–H and O–H groups in total. The largest absolute Gasteiger partial charge is 0.392 e. The van der Waals surface area contributed by atoms with Gasteiger partial charge in [-0.05, 0) is 55.6 Å². The van der Waals surface area contributed by atoms with E-state index in [0.717, 1.165) is 42.7 Å². The summed E-state index contributed by atoms with van der Waals surface area (Å²) in [6.45, 7) is 3.07. The first kappa shape index (κ1) is 29.2. The highest BCUT2D eigenvalue weighted by atomic mass is 16.7. The Balaban J connectivity index is 1.42. The van der Waals surface area contributed by atoms with Crippen molar-refractivity contribution in [2.75, 3.05) is 25.0 Å². The Morgan fingerprint density at radius 3 is 2.15 bits per heavy atom. The lowest BCUT2D eigenvalue weighted by Gasteiger charge is -2.38. The number of likely N-dealkylation sites (tertiary alicyclic amines) is 1. The van der Waals surface area contributed by atoms with Crippen LogP contribution in [0.1, 0.15) is 86.9 Å². The van der Waals surface area contributed by atoms with Gasteiger partial charge in [0.25, 0.3) is 0 Å². The third kappa shape index (κ3) is 9.12. The van der Waals surface area contributed by atoms with E-state index in [9.17, 15) is 14.7 Å². The van der Waals surface area contributed by atoms with Crippen LogP contribution in [0, 0.1) is 0 Å². The quantitative estimate of drug-likeness (QED) is 0.257. The van der Waals surface area contributed by atoms with Crippen LogP contribution in [0.4, 0.5) is 5.69 Å². The Labute approximate surface area is 230 Å². The molecule has 0 bridgehead atoms. The van der Waals surface area contributed by atoms with Crippen LogP contribution in [0.3, 0.4) is 0 Å². The predicted octanol–water partition coefficient (Wildman–Crippen LogP) is 4.60. The highest BCUT2D eigenvalue weighted by molar-refractivity contribution is 5.91. The number of anilines is 1. The number of ether oxygens (including phenoxy) is 2. The highest BCUT2D eigenvalue weighted by Crippen LogP contribution is 2.38. The van der Waals surface area contributed by atoms with Crippen molar-refractivity contribution < 1.29 is 29.4 Å². The molecular weight excluding hydrogens is 498 g/mol. The van der Waals surface area contributed by atoms with Gasteiger partial charge in [0.1, 0.15) is 0 Å². The van der Waals surface area contributed by atoms with Gasteiger partial charge < -0.3 is 24.8 Å². The summed E-state index contributed by atoms with van der Waals surface area (Å²) in [5, 5.41) is 20.8. The van der Waals surface area contributed by atoms with E-state index in [1.165, 1.54) is 32.1 Å². The van der Waals surface area contributed by atoms with E-state index in [4.69, 9.17) is 14.7 Å². The van der Waals surface area contributed by atoms with Gasteiger partial charge in [0.05, 0.1) is 18.8 Å². The number of aliphatic hydroxyl groups is 1. The number of amides is 2. The molecule has 2 aromatic rings. The number of hydroxylamine groups is 1. The Kier molecular flexibility index (Phi) is 11.3. The van der Waals surface area contributed by atoms with Crippen LogP contribution >= 0.6 is 0 Å². The van der Waals surface area contributed by atoms with Crippen LogP contribution in [-0.4, -0.2) is 52.8 Å². The zero-order valence-electron chi connectivity index (χ0n) is 22.5. The summed E-state index contributed by atoms with van der Waals surface area (Å²) in [6.07, 6.45) is 7.06. The average molecular weight is 540 g/mol. The molecule has 0 radical (unpaired) electrons. The standard InChI is InChI=1S/C30H41N3O6/c34-21-22-9-11-23(12-10-22)27-19-26(20-33-17-4-2-1-3-5-18-33)38-30(39-27)24-13-15-25(16-14-24)31-28(35)7-6-8-29(36)32-37/h9-16,26-27,30,34,37H,1-8,17-21H2,(H,31,35)(H,32,36)/t26-,27+,30+/m0/s1. The zero-order chi connectivity index (χ0) is 27.5. The van der Waals surface area contributed by atoms with E-state index < -0.39 is 12.2 Å². The molecule has 9 heteroatoms. The Bertz CT molecular complexity index is 1040. The van der Waals surface area contributed by atoms with Crippen molar-refractivity contribution in [2.24, 2.45) is 0 Å². The number of aliphatic hydroxyl groups excluding tert-OH is 1. The van der Waals surface area contributed by atoms with Crippen molar-refractivity contribution in [3.8, 4) is 0 Å². The Morgan fingerprint density at radius 1 is 0.846 bits per heavy atom. The Hall–Kier alpha value is -2.82. The fourth-order valence-electron chi connectivity index (χ4n) is 5.23. The number of hydrogen-bond donors (Lipinski definition) is 4. The van der Waals surface area contributed by atoms with Gasteiger partial charge in [-0.25, -0.2) is 5.48 Å². The molecule has 4 rings (SSSR count). The lowest BCUT2D eigenvalue weighted by atomic mass is 9.99. The van der Waals surface area contributed by atoms with Crippen LogP contribution in [0.2, 0.25) is 0 Å². The minimum atomic E-state index is -0.539. The number of nitrogens with one attached hydrogen (secondary N) is 2. The van der Waals surface area contributed by atoms with Gasteiger partial charge in [-0.15, -0.1) is 0 Å². The molecule has 2 aliphatic heterocycles. The highest BCUT2D eigenvalue weighted by Gasteiger charge is 2.33. The lowest BCUT2D eigenvalue weighted by molar-refractivity contribution is -0.253. The SMILES string of the molecule is O=C(CCCC(=O)Nc1ccc([C@@H]2O[C@H](CN3CCCCCCC3)C[C@H](c3ccc(CO)cc3)O2)cc1)NO. The molecular formula is C30H41N3O6. The van der Waals surface area contributed by atoms with E-state index >= 15 is 0 Å². The first-order valence-corrected chi connectivity index (χ1v) is 14.1. The normalized spacial score (nSPS) is 22.5. The fourth-order valence-corrected chi connectivity index (χ4v) is 5.23. The summed E-state index contributed by atoms with van der Waals surface area (Å²) < 4.78 is 13.0. The van der Waals surface area contributed by atoms with Gasteiger partial charge in [-0.2, -0.15) is 0 Å². The molecule has 2 amide bonds. The maximum absolute atomic E-state index is 12.2. The minimum Gasteiger partial charge on any atom is -0.392 e. The zero-order valence-corrected chi connectivity index (χ0v) is 22.5. The monoisotopic (exact) mass is 539 g/mol. The van der Waals surface area contributed by atoms with Gasteiger partial charge in [-0.1, -0.05) is 55.7 Å². The molecule has 0 unspecified atom stereocenters.